The second-order valence-corrected chi connectivity index (χ2v) is 2.18. The maximum atomic E-state index is 10.5. The molecule has 1 unspecified atom stereocenters. The molecule has 3 N–H and O–H groups in total. The number of carbonyl (C=O) groups is 1. The van der Waals surface area contributed by atoms with E-state index < -0.39 is 12.1 Å². The van der Waals surface area contributed by atoms with Crippen molar-refractivity contribution in [2.75, 3.05) is 7.11 Å². The summed E-state index contributed by atoms with van der Waals surface area (Å²) < 4.78 is 4.32. The highest BCUT2D eigenvalue weighted by atomic mass is 16.5. The van der Waals surface area contributed by atoms with E-state index >= 15 is 0 Å². The topological polar surface area (TPSA) is 78.0 Å². The number of ether oxygens (including phenoxy) is 1. The van der Waals surface area contributed by atoms with E-state index in [9.17, 15) is 4.79 Å². The number of rotatable bonds is 4. The van der Waals surface area contributed by atoms with Crippen molar-refractivity contribution in [3.8, 4) is 0 Å². The predicted octanol–water partition coefficient (Wildman–Crippen LogP) is -0.114. The molecule has 0 spiro atoms. The zero-order chi connectivity index (χ0) is 7.98. The van der Waals surface area contributed by atoms with Crippen molar-refractivity contribution in [3.05, 3.63) is 0 Å². The van der Waals surface area contributed by atoms with Gasteiger partial charge in [0.25, 0.3) is 0 Å². The molecule has 1 atom stereocenters. The number of aliphatic hydroxyl groups excluding tert-OH is 1. The summed E-state index contributed by atoms with van der Waals surface area (Å²) in [6, 6.07) is 0. The Balaban J connectivity index is 0. The maximum Gasteiger partial charge on any atom is 0.334 e. The SMILES string of the molecule is CCCCC(O)C(=O)OC.O. The average molecular weight is 164 g/mol. The maximum absolute atomic E-state index is 10.5. The van der Waals surface area contributed by atoms with Gasteiger partial charge in [-0.3, -0.25) is 0 Å². The van der Waals surface area contributed by atoms with Gasteiger partial charge in [-0.1, -0.05) is 19.8 Å². The molecule has 4 nitrogen and oxygen atoms in total. The third-order valence-corrected chi connectivity index (χ3v) is 1.30. The minimum absolute atomic E-state index is 0. The van der Waals surface area contributed by atoms with Crippen molar-refractivity contribution < 1.29 is 20.1 Å². The van der Waals surface area contributed by atoms with Gasteiger partial charge in [-0.2, -0.15) is 0 Å². The van der Waals surface area contributed by atoms with Crippen LogP contribution in [0.4, 0.5) is 0 Å². The molecule has 0 aromatic carbocycles. The minimum Gasteiger partial charge on any atom is -0.467 e. The Bertz CT molecular complexity index is 103. The third kappa shape index (κ3) is 5.82. The molecule has 0 heterocycles. The first-order valence-electron chi connectivity index (χ1n) is 3.48. The van der Waals surface area contributed by atoms with Gasteiger partial charge in [0, 0.05) is 0 Å². The van der Waals surface area contributed by atoms with Crippen molar-refractivity contribution in [2.45, 2.75) is 32.3 Å². The highest BCUT2D eigenvalue weighted by molar-refractivity contribution is 5.74. The number of unbranched alkanes of at least 4 members (excludes halogenated alkanes) is 1. The number of hydrogen-bond acceptors (Lipinski definition) is 3. The van der Waals surface area contributed by atoms with Crippen molar-refractivity contribution in [3.63, 3.8) is 0 Å². The first kappa shape index (κ1) is 13.0. The Morgan fingerprint density at radius 1 is 1.64 bits per heavy atom. The number of methoxy groups -OCH3 is 1. The number of aliphatic hydroxyl groups is 1. The summed E-state index contributed by atoms with van der Waals surface area (Å²) >= 11 is 0. The van der Waals surface area contributed by atoms with Crippen LogP contribution in [0, 0.1) is 0 Å². The largest absolute Gasteiger partial charge is 0.467 e. The summed E-state index contributed by atoms with van der Waals surface area (Å²) in [6.45, 7) is 2.00. The van der Waals surface area contributed by atoms with E-state index in [2.05, 4.69) is 4.74 Å². The van der Waals surface area contributed by atoms with Crippen molar-refractivity contribution in [2.24, 2.45) is 0 Å². The zero-order valence-electron chi connectivity index (χ0n) is 6.96. The van der Waals surface area contributed by atoms with E-state index in [1.165, 1.54) is 7.11 Å². The fourth-order valence-electron chi connectivity index (χ4n) is 0.651. The van der Waals surface area contributed by atoms with Gasteiger partial charge in [0.05, 0.1) is 7.11 Å². The van der Waals surface area contributed by atoms with Gasteiger partial charge in [0.1, 0.15) is 0 Å². The highest BCUT2D eigenvalue weighted by Crippen LogP contribution is 2.00. The van der Waals surface area contributed by atoms with E-state index in [0.29, 0.717) is 6.42 Å². The molecule has 0 aromatic rings. The van der Waals surface area contributed by atoms with Crippen LogP contribution in [-0.2, 0) is 9.53 Å². The average Bonchev–Trinajstić information content (AvgIpc) is 1.98. The van der Waals surface area contributed by atoms with E-state index in [4.69, 9.17) is 5.11 Å². The van der Waals surface area contributed by atoms with E-state index in [1.54, 1.807) is 0 Å². The lowest BCUT2D eigenvalue weighted by Gasteiger charge is -2.05. The standard InChI is InChI=1S/C7H14O3.H2O/c1-3-4-5-6(8)7(9)10-2;/h6,8H,3-5H2,1-2H3;1H2. The molecule has 11 heavy (non-hydrogen) atoms. The molecule has 0 aliphatic carbocycles. The smallest absolute Gasteiger partial charge is 0.334 e. The Morgan fingerprint density at radius 3 is 2.55 bits per heavy atom. The van der Waals surface area contributed by atoms with E-state index in [-0.39, 0.29) is 5.48 Å². The lowest BCUT2D eigenvalue weighted by Crippen LogP contribution is -2.21. The fraction of sp³-hybridized carbons (Fsp3) is 0.857. The fourth-order valence-corrected chi connectivity index (χ4v) is 0.651. The molecule has 0 aliphatic heterocycles. The number of hydrogen-bond donors (Lipinski definition) is 1. The van der Waals surface area contributed by atoms with Crippen molar-refractivity contribution >= 4 is 5.97 Å². The Labute approximate surface area is 66.5 Å². The molecule has 0 aromatic heterocycles. The third-order valence-electron chi connectivity index (χ3n) is 1.30. The Morgan fingerprint density at radius 2 is 2.18 bits per heavy atom. The normalized spacial score (nSPS) is 11.5. The molecule has 0 saturated carbocycles. The highest BCUT2D eigenvalue weighted by Gasteiger charge is 2.13. The van der Waals surface area contributed by atoms with Crippen LogP contribution in [0.1, 0.15) is 26.2 Å². The van der Waals surface area contributed by atoms with Crippen molar-refractivity contribution in [1.82, 2.24) is 0 Å². The summed E-state index contributed by atoms with van der Waals surface area (Å²) in [5, 5.41) is 8.97. The summed E-state index contributed by atoms with van der Waals surface area (Å²) in [4.78, 5) is 10.5. The van der Waals surface area contributed by atoms with E-state index in [0.717, 1.165) is 12.8 Å². The zero-order valence-corrected chi connectivity index (χ0v) is 6.96. The second kappa shape index (κ2) is 7.50. The van der Waals surface area contributed by atoms with Gasteiger partial charge in [0.2, 0.25) is 0 Å². The second-order valence-electron chi connectivity index (χ2n) is 2.18. The van der Waals surface area contributed by atoms with Gasteiger partial charge < -0.3 is 15.3 Å². The van der Waals surface area contributed by atoms with Crippen LogP contribution in [0.15, 0.2) is 0 Å². The van der Waals surface area contributed by atoms with Crippen LogP contribution in [0.3, 0.4) is 0 Å². The minimum atomic E-state index is -0.926. The molecular formula is C7H16O4. The summed E-state index contributed by atoms with van der Waals surface area (Å²) in [5.41, 5.74) is 0. The van der Waals surface area contributed by atoms with Crippen molar-refractivity contribution in [1.29, 1.82) is 0 Å². The quantitative estimate of drug-likeness (QED) is 0.588. The first-order chi connectivity index (χ1) is 4.72. The van der Waals surface area contributed by atoms with Gasteiger partial charge in [-0.15, -0.1) is 0 Å². The van der Waals surface area contributed by atoms with Gasteiger partial charge in [-0.25, -0.2) is 4.79 Å². The van der Waals surface area contributed by atoms with Crippen LogP contribution in [0.2, 0.25) is 0 Å². The van der Waals surface area contributed by atoms with Crippen LogP contribution in [0.5, 0.6) is 0 Å². The van der Waals surface area contributed by atoms with Gasteiger partial charge in [-0.05, 0) is 6.42 Å². The molecule has 68 valence electrons. The molecular weight excluding hydrogens is 148 g/mol. The van der Waals surface area contributed by atoms with Gasteiger partial charge >= 0.3 is 5.97 Å². The van der Waals surface area contributed by atoms with Crippen LogP contribution < -0.4 is 0 Å². The number of carbonyl (C=O) groups excluding carboxylic acids is 1. The molecule has 0 saturated heterocycles. The molecule has 0 amide bonds. The summed E-state index contributed by atoms with van der Waals surface area (Å²) in [5.74, 6) is -0.534. The van der Waals surface area contributed by atoms with Gasteiger partial charge in [0.15, 0.2) is 6.10 Å². The van der Waals surface area contributed by atoms with Crippen LogP contribution in [-0.4, -0.2) is 29.8 Å². The summed E-state index contributed by atoms with van der Waals surface area (Å²) in [6.07, 6.45) is 1.41. The monoisotopic (exact) mass is 164 g/mol. The van der Waals surface area contributed by atoms with Crippen LogP contribution >= 0.6 is 0 Å². The molecule has 0 fully saturated rings. The molecule has 0 radical (unpaired) electrons. The Kier molecular flexibility index (Phi) is 8.87. The molecule has 4 heteroatoms. The molecule has 0 bridgehead atoms. The molecule has 0 rings (SSSR count). The number of esters is 1. The first-order valence-corrected chi connectivity index (χ1v) is 3.48. The predicted molar refractivity (Wildman–Crippen MR) is 41.2 cm³/mol. The van der Waals surface area contributed by atoms with E-state index in [1.807, 2.05) is 6.92 Å². The van der Waals surface area contributed by atoms with Crippen LogP contribution in [0.25, 0.3) is 0 Å². The molecule has 0 aliphatic rings. The lowest BCUT2D eigenvalue weighted by atomic mass is 10.2. The Hall–Kier alpha value is -0.610. The summed E-state index contributed by atoms with van der Waals surface area (Å²) in [7, 11) is 1.28. The lowest BCUT2D eigenvalue weighted by molar-refractivity contribution is -0.150.